The Hall–Kier alpha value is -1.66. The molecular weight excluding hydrogens is 518 g/mol. The molecule has 5 atom stereocenters. The second kappa shape index (κ2) is 11.4. The molecule has 1 fully saturated rings. The number of amides is 1. The van der Waals surface area contributed by atoms with Crippen LogP contribution in [0.5, 0.6) is 0 Å². The summed E-state index contributed by atoms with van der Waals surface area (Å²) in [6.45, 7) is 0.335. The molecule has 0 unspecified atom stereocenters. The molecule has 0 spiro atoms. The highest BCUT2D eigenvalue weighted by molar-refractivity contribution is 7.86. The van der Waals surface area contributed by atoms with Crippen molar-refractivity contribution < 1.29 is 52.1 Å². The summed E-state index contributed by atoms with van der Waals surface area (Å²) in [6.07, 6.45) is -4.12. The Morgan fingerprint density at radius 3 is 1.97 bits per heavy atom. The van der Waals surface area contributed by atoms with Crippen molar-refractivity contribution in [1.29, 1.82) is 0 Å². The van der Waals surface area contributed by atoms with Gasteiger partial charge in [-0.1, -0.05) is 30.3 Å². The number of rotatable bonds is 11. The van der Waals surface area contributed by atoms with Gasteiger partial charge in [0.05, 0.1) is 32.0 Å². The zero-order valence-corrected chi connectivity index (χ0v) is 21.3. The third-order valence-corrected chi connectivity index (χ3v) is 6.00. The average molecular weight is 546 g/mol. The van der Waals surface area contributed by atoms with E-state index in [4.69, 9.17) is 22.0 Å². The lowest BCUT2D eigenvalue weighted by atomic mass is 9.97. The van der Waals surface area contributed by atoms with Gasteiger partial charge >= 0.3 is 0 Å². The average Bonchev–Trinajstić information content (AvgIpc) is 2.66. The van der Waals surface area contributed by atoms with E-state index < -0.39 is 73.5 Å². The Bertz CT molecular complexity index is 1150. The van der Waals surface area contributed by atoms with Crippen molar-refractivity contribution in [2.45, 2.75) is 44.2 Å². The van der Waals surface area contributed by atoms with E-state index in [0.717, 1.165) is 13.2 Å². The first kappa shape index (κ1) is 28.6. The van der Waals surface area contributed by atoms with Gasteiger partial charge in [-0.25, -0.2) is 0 Å². The van der Waals surface area contributed by atoms with Crippen molar-refractivity contribution >= 4 is 36.3 Å². The summed E-state index contributed by atoms with van der Waals surface area (Å²) in [5.74, 6) is -0.632. The lowest BCUT2D eigenvalue weighted by Gasteiger charge is -2.44. The second-order valence-corrected chi connectivity index (χ2v) is 12.4. The fourth-order valence-electron chi connectivity index (χ4n) is 3.15. The van der Waals surface area contributed by atoms with Crippen LogP contribution in [0.2, 0.25) is 0 Å². The van der Waals surface area contributed by atoms with Crippen molar-refractivity contribution in [2.24, 2.45) is 0 Å². The number of carbonyl (C=O) groups excluding carboxylic acids is 1. The lowest BCUT2D eigenvalue weighted by Crippen LogP contribution is -2.66. The molecule has 0 aromatic heterocycles. The van der Waals surface area contributed by atoms with Gasteiger partial charge in [0.15, 0.2) is 6.29 Å². The fraction of sp³-hybridized carbons (Fsp3) is 0.611. The van der Waals surface area contributed by atoms with Crippen molar-refractivity contribution in [3.63, 3.8) is 0 Å². The van der Waals surface area contributed by atoms with Crippen LogP contribution < -0.4 is 5.32 Å². The quantitative estimate of drug-likeness (QED) is 0.339. The second-order valence-electron chi connectivity index (χ2n) is 7.58. The molecule has 0 saturated carbocycles. The molecule has 1 amide bonds. The minimum atomic E-state index is -4.24. The maximum atomic E-state index is 12.0. The molecule has 1 aliphatic rings. The summed E-state index contributed by atoms with van der Waals surface area (Å²) in [5, 5.41) is 2.44. The van der Waals surface area contributed by atoms with Gasteiger partial charge in [-0.3, -0.25) is 17.3 Å². The number of ether oxygens (including phenoxy) is 2. The molecule has 1 heterocycles. The number of carbonyl (C=O) groups is 1. The van der Waals surface area contributed by atoms with Gasteiger partial charge in [0, 0.05) is 6.92 Å². The Morgan fingerprint density at radius 1 is 0.912 bits per heavy atom. The van der Waals surface area contributed by atoms with Crippen molar-refractivity contribution in [3.05, 3.63) is 35.9 Å². The van der Waals surface area contributed by atoms with Gasteiger partial charge in [-0.15, -0.1) is 0 Å². The van der Waals surface area contributed by atoms with E-state index in [1.54, 1.807) is 30.3 Å². The molecule has 34 heavy (non-hydrogen) atoms. The van der Waals surface area contributed by atoms with Crippen LogP contribution in [0.15, 0.2) is 30.3 Å². The van der Waals surface area contributed by atoms with Gasteiger partial charge in [-0.05, 0) is 5.56 Å². The normalized spacial score (nSPS) is 26.2. The maximum Gasteiger partial charge on any atom is 0.264 e. The Balaban J connectivity index is 2.49. The van der Waals surface area contributed by atoms with E-state index in [2.05, 4.69) is 5.32 Å². The number of hydrogen-bond donors (Lipinski definition) is 1. The summed E-state index contributed by atoms with van der Waals surface area (Å²) in [4.78, 5) is 11.9. The third kappa shape index (κ3) is 9.91. The van der Waals surface area contributed by atoms with Crippen LogP contribution in [0.3, 0.4) is 0 Å². The van der Waals surface area contributed by atoms with Crippen LogP contribution in [0.4, 0.5) is 0 Å². The third-order valence-electron chi connectivity index (χ3n) is 4.29. The van der Waals surface area contributed by atoms with Gasteiger partial charge in [-0.2, -0.15) is 25.3 Å². The maximum absolute atomic E-state index is 12.0. The first-order valence-electron chi connectivity index (χ1n) is 9.73. The summed E-state index contributed by atoms with van der Waals surface area (Å²) in [7, 11) is -12.5. The molecule has 0 radical (unpaired) electrons. The van der Waals surface area contributed by atoms with E-state index in [1.165, 1.54) is 0 Å². The van der Waals surface area contributed by atoms with Gasteiger partial charge in [0.25, 0.3) is 30.4 Å². The minimum absolute atomic E-state index is 0.0512. The summed E-state index contributed by atoms with van der Waals surface area (Å²) in [6, 6.07) is 7.39. The van der Waals surface area contributed by atoms with Crippen LogP contribution in [0, 0.1) is 0 Å². The Morgan fingerprint density at radius 2 is 1.47 bits per heavy atom. The van der Waals surface area contributed by atoms with E-state index >= 15 is 0 Å². The van der Waals surface area contributed by atoms with Crippen LogP contribution in [0.1, 0.15) is 12.5 Å². The Kier molecular flexibility index (Phi) is 9.57. The molecule has 1 aliphatic heterocycles. The number of hydrogen-bond acceptors (Lipinski definition) is 12. The summed E-state index contributed by atoms with van der Waals surface area (Å²) >= 11 is 0. The van der Waals surface area contributed by atoms with E-state index in [0.29, 0.717) is 18.1 Å². The molecule has 1 aromatic rings. The topological polar surface area (TPSA) is 178 Å². The standard InChI is InChI=1S/C18H27NO12S3/c1-12(20)19-15-17(31-34(4,25)26)16(30-33(3,23)24)14(11-28-32(2,21)22)29-18(15)27-10-13-8-6-5-7-9-13/h5-9,14-18H,10-11H2,1-4H3,(H,19,20)/t14-,15-,16-,17-,18+/m0/s1. The molecule has 0 bridgehead atoms. The summed E-state index contributed by atoms with van der Waals surface area (Å²) < 4.78 is 97.2. The number of nitrogens with one attached hydrogen (secondary N) is 1. The predicted octanol–water partition coefficient (Wildman–Crippen LogP) is -0.901. The zero-order valence-electron chi connectivity index (χ0n) is 18.8. The monoisotopic (exact) mass is 545 g/mol. The lowest BCUT2D eigenvalue weighted by molar-refractivity contribution is -0.262. The molecule has 13 nitrogen and oxygen atoms in total. The Labute approximate surface area is 199 Å². The highest BCUT2D eigenvalue weighted by Gasteiger charge is 2.51. The largest absolute Gasteiger partial charge is 0.346 e. The van der Waals surface area contributed by atoms with Gasteiger partial charge in [0.2, 0.25) is 5.91 Å². The molecular formula is C18H27NO12S3. The smallest absolute Gasteiger partial charge is 0.264 e. The highest BCUT2D eigenvalue weighted by atomic mass is 32.2. The molecule has 2 rings (SSSR count). The van der Waals surface area contributed by atoms with E-state index in [1.807, 2.05) is 0 Å². The summed E-state index contributed by atoms with van der Waals surface area (Å²) in [5.41, 5.74) is 0.701. The minimum Gasteiger partial charge on any atom is -0.346 e. The van der Waals surface area contributed by atoms with Crippen molar-refractivity contribution in [2.75, 3.05) is 25.4 Å². The van der Waals surface area contributed by atoms with Crippen molar-refractivity contribution in [1.82, 2.24) is 5.32 Å². The molecule has 1 aromatic carbocycles. The SMILES string of the molecule is CC(=O)N[C@@H]1[C@H](OCc2ccccc2)O[C@@H](COS(C)(=O)=O)[C@H](OS(C)(=O)=O)[C@H]1OS(C)(=O)=O. The van der Waals surface area contributed by atoms with Crippen LogP contribution >= 0.6 is 0 Å². The van der Waals surface area contributed by atoms with Crippen molar-refractivity contribution in [3.8, 4) is 0 Å². The first-order chi connectivity index (χ1) is 15.5. The predicted molar refractivity (Wildman–Crippen MR) is 118 cm³/mol. The van der Waals surface area contributed by atoms with Crippen LogP contribution in [-0.4, -0.2) is 87.2 Å². The molecule has 1 N–H and O–H groups in total. The van der Waals surface area contributed by atoms with E-state index in [-0.39, 0.29) is 6.61 Å². The number of benzene rings is 1. The fourth-order valence-corrected chi connectivity index (χ4v) is 4.80. The van der Waals surface area contributed by atoms with E-state index in [9.17, 15) is 30.0 Å². The van der Waals surface area contributed by atoms with Gasteiger partial charge in [0.1, 0.15) is 24.4 Å². The van der Waals surface area contributed by atoms with Gasteiger partial charge < -0.3 is 14.8 Å². The van der Waals surface area contributed by atoms with Crippen LogP contribution in [-0.2, 0) is 63.8 Å². The molecule has 1 saturated heterocycles. The molecule has 16 heteroatoms. The van der Waals surface area contributed by atoms with Crippen LogP contribution in [0.25, 0.3) is 0 Å². The highest BCUT2D eigenvalue weighted by Crippen LogP contribution is 2.30. The first-order valence-corrected chi connectivity index (χ1v) is 15.2. The zero-order chi connectivity index (χ0) is 25.7. The molecule has 0 aliphatic carbocycles. The molecule has 194 valence electrons.